The predicted molar refractivity (Wildman–Crippen MR) is 90.8 cm³/mol. The van der Waals surface area contributed by atoms with Crippen LogP contribution >= 0.6 is 11.6 Å². The zero-order valence-electron chi connectivity index (χ0n) is 13.5. The van der Waals surface area contributed by atoms with Crippen molar-refractivity contribution in [2.45, 2.75) is 19.0 Å². The van der Waals surface area contributed by atoms with E-state index in [1.54, 1.807) is 0 Å². The van der Waals surface area contributed by atoms with Gasteiger partial charge >= 0.3 is 0 Å². The minimum atomic E-state index is -0.942. The normalized spacial score (nSPS) is 18.2. The van der Waals surface area contributed by atoms with Crippen molar-refractivity contribution in [3.05, 3.63) is 52.8 Å². The first-order valence-corrected chi connectivity index (χ1v) is 8.14. The molecule has 0 spiro atoms. The van der Waals surface area contributed by atoms with E-state index in [0.717, 1.165) is 25.5 Å². The quantitative estimate of drug-likeness (QED) is 0.772. The molecule has 0 aromatic heterocycles. The summed E-state index contributed by atoms with van der Waals surface area (Å²) in [6.45, 7) is 0.955. The fourth-order valence-electron chi connectivity index (χ4n) is 3.27. The minimum Gasteiger partial charge on any atom is -0.358 e. The first-order valence-electron chi connectivity index (χ1n) is 7.76. The van der Waals surface area contributed by atoms with Crippen LogP contribution in [0.15, 0.2) is 30.3 Å². The van der Waals surface area contributed by atoms with Crippen LogP contribution in [0.3, 0.4) is 0 Å². The van der Waals surface area contributed by atoms with Gasteiger partial charge in [0.05, 0.1) is 11.2 Å². The summed E-state index contributed by atoms with van der Waals surface area (Å²) in [5.74, 6) is -2.40. The van der Waals surface area contributed by atoms with Crippen molar-refractivity contribution in [1.82, 2.24) is 4.90 Å². The first kappa shape index (κ1) is 17.1. The number of hydrogen-bond acceptors (Lipinski definition) is 2. The molecule has 0 aliphatic carbocycles. The molecule has 1 fully saturated rings. The lowest BCUT2D eigenvalue weighted by Gasteiger charge is -2.33. The number of hydrogen-bond donors (Lipinski definition) is 0. The fourth-order valence-corrected chi connectivity index (χ4v) is 3.45. The molecule has 0 N–H and O–H groups in total. The highest BCUT2D eigenvalue weighted by molar-refractivity contribution is 6.31. The smallest absolute Gasteiger partial charge is 0.160 e. The van der Waals surface area contributed by atoms with Gasteiger partial charge in [0, 0.05) is 24.4 Å². The van der Waals surface area contributed by atoms with Crippen LogP contribution in [0.4, 0.5) is 18.9 Å². The van der Waals surface area contributed by atoms with Crippen LogP contribution in [0.1, 0.15) is 12.8 Å². The third-order valence-electron chi connectivity index (χ3n) is 4.58. The molecule has 2 aromatic carbocycles. The van der Waals surface area contributed by atoms with Gasteiger partial charge in [-0.2, -0.15) is 0 Å². The summed E-state index contributed by atoms with van der Waals surface area (Å²) in [6.07, 6.45) is 2.09. The van der Waals surface area contributed by atoms with E-state index >= 15 is 0 Å². The molecule has 0 saturated carbocycles. The molecule has 0 amide bonds. The van der Waals surface area contributed by atoms with Crippen LogP contribution in [0.5, 0.6) is 0 Å². The highest BCUT2D eigenvalue weighted by Gasteiger charge is 2.27. The maximum atomic E-state index is 13.9. The van der Waals surface area contributed by atoms with Gasteiger partial charge in [0.2, 0.25) is 0 Å². The maximum absolute atomic E-state index is 13.9. The fraction of sp³-hybridized carbons (Fsp3) is 0.333. The van der Waals surface area contributed by atoms with E-state index in [-0.39, 0.29) is 11.2 Å². The van der Waals surface area contributed by atoms with Gasteiger partial charge in [-0.1, -0.05) is 17.7 Å². The monoisotopic (exact) mass is 354 g/mol. The summed E-state index contributed by atoms with van der Waals surface area (Å²) in [5, 5.41) is -0.0520. The number of benzene rings is 2. The molecule has 2 aromatic rings. The Morgan fingerprint density at radius 3 is 2.42 bits per heavy atom. The molecule has 0 bridgehead atoms. The van der Waals surface area contributed by atoms with Crippen LogP contribution in [0.25, 0.3) is 11.1 Å². The molecule has 128 valence electrons. The van der Waals surface area contributed by atoms with Gasteiger partial charge < -0.3 is 4.90 Å². The Morgan fingerprint density at radius 2 is 1.79 bits per heavy atom. The van der Waals surface area contributed by atoms with Crippen molar-refractivity contribution in [3.63, 3.8) is 0 Å². The second-order valence-electron chi connectivity index (χ2n) is 6.13. The number of likely N-dealkylation sites (tertiary alicyclic amines) is 1. The van der Waals surface area contributed by atoms with Gasteiger partial charge in [0.15, 0.2) is 11.6 Å². The van der Waals surface area contributed by atoms with E-state index in [1.807, 2.05) is 19.0 Å². The molecule has 0 radical (unpaired) electrons. The lowest BCUT2D eigenvalue weighted by molar-refractivity contribution is 0.308. The Balaban J connectivity index is 2.11. The highest BCUT2D eigenvalue weighted by atomic mass is 35.5. The topological polar surface area (TPSA) is 6.48 Å². The molecule has 6 heteroatoms. The first-order chi connectivity index (χ1) is 11.4. The molecule has 1 saturated heterocycles. The van der Waals surface area contributed by atoms with Crippen molar-refractivity contribution in [3.8, 4) is 11.1 Å². The van der Waals surface area contributed by atoms with Crippen molar-refractivity contribution < 1.29 is 13.2 Å². The van der Waals surface area contributed by atoms with E-state index in [1.165, 1.54) is 24.3 Å². The molecule has 2 nitrogen and oxygen atoms in total. The molecular weight excluding hydrogens is 337 g/mol. The molecule has 1 aliphatic rings. The molecule has 3 rings (SSSR count). The number of halogens is 4. The van der Waals surface area contributed by atoms with E-state index < -0.39 is 17.5 Å². The number of anilines is 1. The second kappa shape index (κ2) is 6.65. The van der Waals surface area contributed by atoms with Crippen LogP contribution < -0.4 is 4.90 Å². The molecule has 1 atom stereocenters. The molecule has 1 heterocycles. The summed E-state index contributed by atoms with van der Waals surface area (Å²) < 4.78 is 41.1. The van der Waals surface area contributed by atoms with Gasteiger partial charge in [-0.3, -0.25) is 4.90 Å². The summed E-state index contributed by atoms with van der Waals surface area (Å²) in [4.78, 5) is 4.10. The Morgan fingerprint density at radius 1 is 1.08 bits per heavy atom. The van der Waals surface area contributed by atoms with Crippen LogP contribution in [-0.4, -0.2) is 31.7 Å². The van der Waals surface area contributed by atoms with Gasteiger partial charge in [0.1, 0.15) is 5.82 Å². The Labute approximate surface area is 144 Å². The predicted octanol–water partition coefficient (Wildman–Crippen LogP) is 4.91. The number of nitrogens with zero attached hydrogens (tertiary/aromatic N) is 2. The van der Waals surface area contributed by atoms with Crippen LogP contribution in [0.2, 0.25) is 5.02 Å². The lowest BCUT2D eigenvalue weighted by Crippen LogP contribution is -2.40. The molecule has 24 heavy (non-hydrogen) atoms. The minimum absolute atomic E-state index is 0.0520. The van der Waals surface area contributed by atoms with Gasteiger partial charge in [-0.25, -0.2) is 13.2 Å². The number of rotatable bonds is 3. The Kier molecular flexibility index (Phi) is 4.74. The largest absolute Gasteiger partial charge is 0.358 e. The van der Waals surface area contributed by atoms with E-state index in [9.17, 15) is 13.2 Å². The van der Waals surface area contributed by atoms with Crippen molar-refractivity contribution in [1.29, 1.82) is 0 Å². The zero-order chi connectivity index (χ0) is 17.4. The van der Waals surface area contributed by atoms with Crippen molar-refractivity contribution in [2.24, 2.45) is 0 Å². The van der Waals surface area contributed by atoms with Gasteiger partial charge in [-0.15, -0.1) is 0 Å². The van der Waals surface area contributed by atoms with Gasteiger partial charge in [0.25, 0.3) is 0 Å². The van der Waals surface area contributed by atoms with Gasteiger partial charge in [-0.05, 0) is 50.2 Å². The second-order valence-corrected chi connectivity index (χ2v) is 6.53. The third kappa shape index (κ3) is 3.10. The molecule has 0 unspecified atom stereocenters. The van der Waals surface area contributed by atoms with E-state index in [0.29, 0.717) is 16.8 Å². The zero-order valence-corrected chi connectivity index (χ0v) is 14.2. The van der Waals surface area contributed by atoms with Crippen molar-refractivity contribution in [2.75, 3.05) is 25.5 Å². The standard InChI is InChI=1S/C18H18ClF3N2/c1-23-7-3-4-18(23)24(2)17-10-16(22)15(21)9-12(17)11-5-6-14(20)13(19)8-11/h5-6,8-10,18H,3-4,7H2,1-2H3/t18-/m0/s1. The van der Waals surface area contributed by atoms with E-state index in [4.69, 9.17) is 11.6 Å². The lowest BCUT2D eigenvalue weighted by atomic mass is 10.0. The summed E-state index contributed by atoms with van der Waals surface area (Å²) in [7, 11) is 3.86. The Hall–Kier alpha value is -1.72. The highest BCUT2D eigenvalue weighted by Crippen LogP contribution is 2.36. The Bertz CT molecular complexity index is 766. The third-order valence-corrected chi connectivity index (χ3v) is 4.87. The maximum Gasteiger partial charge on any atom is 0.160 e. The summed E-state index contributed by atoms with van der Waals surface area (Å²) in [6, 6.07) is 6.50. The summed E-state index contributed by atoms with van der Waals surface area (Å²) >= 11 is 5.85. The SMILES string of the molecule is CN1CCC[C@@H]1N(C)c1cc(F)c(F)cc1-c1ccc(F)c(Cl)c1. The van der Waals surface area contributed by atoms with Crippen LogP contribution in [-0.2, 0) is 0 Å². The van der Waals surface area contributed by atoms with Crippen LogP contribution in [0, 0.1) is 17.5 Å². The average molecular weight is 355 g/mol. The molecular formula is C18H18ClF3N2. The van der Waals surface area contributed by atoms with E-state index in [2.05, 4.69) is 4.90 Å². The molecule has 1 aliphatic heterocycles. The average Bonchev–Trinajstić information content (AvgIpc) is 2.97. The van der Waals surface area contributed by atoms with Crippen molar-refractivity contribution >= 4 is 17.3 Å². The summed E-state index contributed by atoms with van der Waals surface area (Å²) in [5.41, 5.74) is 1.58.